The SMILES string of the molecule is CNCC1(CN(C)C(C)CSC)CCCOC1. The van der Waals surface area contributed by atoms with Crippen LogP contribution in [-0.2, 0) is 4.74 Å². The van der Waals surface area contributed by atoms with Gasteiger partial charge in [0.1, 0.15) is 0 Å². The second-order valence-electron chi connectivity index (χ2n) is 5.41. The van der Waals surface area contributed by atoms with E-state index in [9.17, 15) is 0 Å². The van der Waals surface area contributed by atoms with E-state index in [2.05, 4.69) is 30.4 Å². The van der Waals surface area contributed by atoms with Crippen LogP contribution in [0.15, 0.2) is 0 Å². The number of nitrogens with one attached hydrogen (secondary N) is 1. The van der Waals surface area contributed by atoms with Crippen molar-refractivity contribution < 1.29 is 4.74 Å². The molecule has 0 aromatic carbocycles. The highest BCUT2D eigenvalue weighted by molar-refractivity contribution is 7.98. The molecule has 102 valence electrons. The van der Waals surface area contributed by atoms with Crippen molar-refractivity contribution in [2.75, 3.05) is 52.4 Å². The van der Waals surface area contributed by atoms with Crippen molar-refractivity contribution in [3.63, 3.8) is 0 Å². The summed E-state index contributed by atoms with van der Waals surface area (Å²) in [5.74, 6) is 1.20. The second-order valence-corrected chi connectivity index (χ2v) is 6.32. The third kappa shape index (κ3) is 4.78. The molecule has 2 unspecified atom stereocenters. The number of thioether (sulfide) groups is 1. The summed E-state index contributed by atoms with van der Waals surface area (Å²) in [6.07, 6.45) is 4.66. The van der Waals surface area contributed by atoms with E-state index < -0.39 is 0 Å². The van der Waals surface area contributed by atoms with Crippen molar-refractivity contribution >= 4 is 11.8 Å². The highest BCUT2D eigenvalue weighted by Gasteiger charge is 2.34. The quantitative estimate of drug-likeness (QED) is 0.753. The maximum Gasteiger partial charge on any atom is 0.0546 e. The van der Waals surface area contributed by atoms with Gasteiger partial charge in [-0.25, -0.2) is 0 Å². The van der Waals surface area contributed by atoms with Crippen molar-refractivity contribution in [3.8, 4) is 0 Å². The fourth-order valence-electron chi connectivity index (χ4n) is 2.66. The van der Waals surface area contributed by atoms with Crippen LogP contribution in [0, 0.1) is 5.41 Å². The van der Waals surface area contributed by atoms with E-state index in [4.69, 9.17) is 4.74 Å². The highest BCUT2D eigenvalue weighted by atomic mass is 32.2. The summed E-state index contributed by atoms with van der Waals surface area (Å²) in [6.45, 7) is 6.35. The van der Waals surface area contributed by atoms with Crippen LogP contribution in [0.3, 0.4) is 0 Å². The Labute approximate surface area is 111 Å². The summed E-state index contributed by atoms with van der Waals surface area (Å²) in [5.41, 5.74) is 0.314. The van der Waals surface area contributed by atoms with Gasteiger partial charge >= 0.3 is 0 Å². The van der Waals surface area contributed by atoms with Gasteiger partial charge in [-0.2, -0.15) is 11.8 Å². The fourth-order valence-corrected chi connectivity index (χ4v) is 3.40. The molecule has 0 aliphatic carbocycles. The summed E-state index contributed by atoms with van der Waals surface area (Å²) in [6, 6.07) is 0.639. The first kappa shape index (κ1) is 15.3. The molecular formula is C13H28N2OS. The van der Waals surface area contributed by atoms with Gasteiger partial charge in [-0.3, -0.25) is 0 Å². The van der Waals surface area contributed by atoms with Gasteiger partial charge in [-0.1, -0.05) is 0 Å². The van der Waals surface area contributed by atoms with E-state index in [1.165, 1.54) is 18.6 Å². The van der Waals surface area contributed by atoms with Crippen LogP contribution in [0.5, 0.6) is 0 Å². The molecule has 0 spiro atoms. The Morgan fingerprint density at radius 2 is 2.29 bits per heavy atom. The summed E-state index contributed by atoms with van der Waals surface area (Å²) < 4.78 is 5.71. The molecule has 0 aromatic rings. The number of ether oxygens (including phenoxy) is 1. The third-order valence-corrected chi connectivity index (χ3v) is 4.52. The van der Waals surface area contributed by atoms with Crippen LogP contribution >= 0.6 is 11.8 Å². The molecule has 1 rings (SSSR count). The van der Waals surface area contributed by atoms with Gasteiger partial charge in [-0.15, -0.1) is 0 Å². The topological polar surface area (TPSA) is 24.5 Å². The van der Waals surface area contributed by atoms with Gasteiger partial charge in [0.05, 0.1) is 6.61 Å². The molecule has 1 heterocycles. The minimum Gasteiger partial charge on any atom is -0.381 e. The average Bonchev–Trinajstić information content (AvgIpc) is 2.30. The molecule has 1 saturated heterocycles. The first-order chi connectivity index (χ1) is 8.13. The van der Waals surface area contributed by atoms with Gasteiger partial charge < -0.3 is 15.0 Å². The van der Waals surface area contributed by atoms with Crippen LogP contribution < -0.4 is 5.32 Å². The Balaban J connectivity index is 2.52. The van der Waals surface area contributed by atoms with Crippen LogP contribution in [0.25, 0.3) is 0 Å². The van der Waals surface area contributed by atoms with Gasteiger partial charge in [0, 0.05) is 36.9 Å². The fraction of sp³-hybridized carbons (Fsp3) is 1.00. The normalized spacial score (nSPS) is 27.4. The molecule has 1 fully saturated rings. The molecule has 0 saturated carbocycles. The second kappa shape index (κ2) is 7.62. The van der Waals surface area contributed by atoms with Gasteiger partial charge in [0.15, 0.2) is 0 Å². The summed E-state index contributed by atoms with van der Waals surface area (Å²) >= 11 is 1.92. The predicted molar refractivity (Wildman–Crippen MR) is 76.9 cm³/mol. The maximum absolute atomic E-state index is 5.71. The molecule has 1 aliphatic heterocycles. The van der Waals surface area contributed by atoms with E-state index in [1.54, 1.807) is 0 Å². The number of hydrogen-bond acceptors (Lipinski definition) is 4. The monoisotopic (exact) mass is 260 g/mol. The van der Waals surface area contributed by atoms with Crippen molar-refractivity contribution in [1.82, 2.24) is 10.2 Å². The molecule has 3 nitrogen and oxygen atoms in total. The van der Waals surface area contributed by atoms with E-state index in [0.717, 1.165) is 26.3 Å². The largest absolute Gasteiger partial charge is 0.381 e. The summed E-state index contributed by atoms with van der Waals surface area (Å²) in [5, 5.41) is 3.34. The first-order valence-corrected chi connectivity index (χ1v) is 7.94. The van der Waals surface area contributed by atoms with Crippen molar-refractivity contribution in [2.45, 2.75) is 25.8 Å². The summed E-state index contributed by atoms with van der Waals surface area (Å²) in [4.78, 5) is 2.49. The van der Waals surface area contributed by atoms with Crippen molar-refractivity contribution in [1.29, 1.82) is 0 Å². The first-order valence-electron chi connectivity index (χ1n) is 6.55. The van der Waals surface area contributed by atoms with E-state index >= 15 is 0 Å². The molecule has 2 atom stereocenters. The minimum absolute atomic E-state index is 0.314. The Kier molecular flexibility index (Phi) is 6.85. The lowest BCUT2D eigenvalue weighted by atomic mass is 9.81. The lowest BCUT2D eigenvalue weighted by Crippen LogP contribution is -2.49. The van der Waals surface area contributed by atoms with Gasteiger partial charge in [-0.05, 0) is 40.1 Å². The molecule has 0 radical (unpaired) electrons. The zero-order valence-corrected chi connectivity index (χ0v) is 12.6. The van der Waals surface area contributed by atoms with E-state index in [0.29, 0.717) is 11.5 Å². The Bertz CT molecular complexity index is 202. The molecule has 4 heteroatoms. The molecule has 1 N–H and O–H groups in total. The minimum atomic E-state index is 0.314. The van der Waals surface area contributed by atoms with Crippen LogP contribution in [-0.4, -0.2) is 63.3 Å². The van der Waals surface area contributed by atoms with Gasteiger partial charge in [0.25, 0.3) is 0 Å². The standard InChI is InChI=1S/C13H28N2OS/c1-12(8-17-4)15(3)10-13(9-14-2)6-5-7-16-11-13/h12,14H,5-11H2,1-4H3. The third-order valence-electron chi connectivity index (χ3n) is 3.70. The van der Waals surface area contributed by atoms with E-state index in [-0.39, 0.29) is 0 Å². The van der Waals surface area contributed by atoms with Gasteiger partial charge in [0.2, 0.25) is 0 Å². The highest BCUT2D eigenvalue weighted by Crippen LogP contribution is 2.29. The van der Waals surface area contributed by atoms with Crippen molar-refractivity contribution in [3.05, 3.63) is 0 Å². The average molecular weight is 260 g/mol. The Morgan fingerprint density at radius 3 is 2.82 bits per heavy atom. The number of hydrogen-bond donors (Lipinski definition) is 1. The molecule has 1 aliphatic rings. The molecule has 17 heavy (non-hydrogen) atoms. The zero-order chi connectivity index (χ0) is 12.7. The van der Waals surface area contributed by atoms with Crippen LogP contribution in [0.1, 0.15) is 19.8 Å². The lowest BCUT2D eigenvalue weighted by molar-refractivity contribution is -0.0253. The molecule has 0 bridgehead atoms. The molecular weight excluding hydrogens is 232 g/mol. The smallest absolute Gasteiger partial charge is 0.0546 e. The van der Waals surface area contributed by atoms with Crippen molar-refractivity contribution in [2.24, 2.45) is 5.41 Å². The number of nitrogens with zero attached hydrogens (tertiary/aromatic N) is 1. The lowest BCUT2D eigenvalue weighted by Gasteiger charge is -2.41. The summed E-state index contributed by atoms with van der Waals surface area (Å²) in [7, 11) is 4.29. The van der Waals surface area contributed by atoms with Crippen LogP contribution in [0.2, 0.25) is 0 Å². The predicted octanol–water partition coefficient (Wildman–Crippen LogP) is 1.69. The Hall–Kier alpha value is 0.230. The number of rotatable bonds is 7. The molecule has 0 amide bonds. The Morgan fingerprint density at radius 1 is 1.53 bits per heavy atom. The maximum atomic E-state index is 5.71. The zero-order valence-electron chi connectivity index (χ0n) is 11.8. The van der Waals surface area contributed by atoms with E-state index in [1.807, 2.05) is 18.8 Å². The molecule has 0 aromatic heterocycles. The van der Waals surface area contributed by atoms with Crippen LogP contribution in [0.4, 0.5) is 0 Å².